The van der Waals surface area contributed by atoms with Gasteiger partial charge < -0.3 is 19.3 Å². The van der Waals surface area contributed by atoms with Gasteiger partial charge in [0.05, 0.1) is 12.2 Å². The third-order valence-corrected chi connectivity index (χ3v) is 4.99. The molecule has 6 unspecified atom stereocenters. The first-order valence-electron chi connectivity index (χ1n) is 8.33. The molecule has 0 spiro atoms. The molecule has 1 N–H and O–H groups in total. The lowest BCUT2D eigenvalue weighted by Crippen LogP contribution is -2.44. The van der Waals surface area contributed by atoms with Crippen molar-refractivity contribution in [3.63, 3.8) is 0 Å². The van der Waals surface area contributed by atoms with Gasteiger partial charge in [0.15, 0.2) is 5.79 Å². The van der Waals surface area contributed by atoms with Gasteiger partial charge in [-0.05, 0) is 31.8 Å². The van der Waals surface area contributed by atoms with Crippen LogP contribution in [0.2, 0.25) is 0 Å². The summed E-state index contributed by atoms with van der Waals surface area (Å²) < 4.78 is 17.3. The van der Waals surface area contributed by atoms with Gasteiger partial charge >= 0.3 is 0 Å². The zero-order valence-electron chi connectivity index (χ0n) is 15.3. The molecule has 0 radical (unpaired) electrons. The number of aliphatic hydroxyl groups excluding tert-OH is 1. The highest BCUT2D eigenvalue weighted by molar-refractivity contribution is 5.11. The summed E-state index contributed by atoms with van der Waals surface area (Å²) in [5.41, 5.74) is 1.22. The zero-order valence-corrected chi connectivity index (χ0v) is 15.3. The maximum atomic E-state index is 9.37. The maximum absolute atomic E-state index is 9.37. The van der Waals surface area contributed by atoms with E-state index in [0.717, 1.165) is 12.8 Å². The lowest BCUT2D eigenvalue weighted by molar-refractivity contribution is -0.260. The average molecular weight is 314 g/mol. The number of methoxy groups -OCH3 is 2. The first kappa shape index (κ1) is 19.6. The average Bonchev–Trinajstić information content (AvgIpc) is 2.50. The summed E-state index contributed by atoms with van der Waals surface area (Å²) in [4.78, 5) is 0. The predicted octanol–water partition coefficient (Wildman–Crippen LogP) is 3.39. The highest BCUT2D eigenvalue weighted by Gasteiger charge is 2.37. The van der Waals surface area contributed by atoms with E-state index in [2.05, 4.69) is 26.8 Å². The van der Waals surface area contributed by atoms with Gasteiger partial charge in [-0.15, -0.1) is 0 Å². The summed E-state index contributed by atoms with van der Waals surface area (Å²) >= 11 is 0. The minimum atomic E-state index is -0.492. The molecule has 1 fully saturated rings. The molecule has 0 aromatic rings. The van der Waals surface area contributed by atoms with Crippen LogP contribution in [-0.2, 0) is 14.2 Å². The van der Waals surface area contributed by atoms with Crippen LogP contribution in [0.3, 0.4) is 0 Å². The van der Waals surface area contributed by atoms with Gasteiger partial charge in [0.2, 0.25) is 0 Å². The summed E-state index contributed by atoms with van der Waals surface area (Å²) in [6, 6.07) is 0. The number of aliphatic hydroxyl groups is 1. The number of hydrogen-bond acceptors (Lipinski definition) is 4. The van der Waals surface area contributed by atoms with Gasteiger partial charge in [-0.2, -0.15) is 0 Å². The van der Waals surface area contributed by atoms with Gasteiger partial charge in [0.1, 0.15) is 0 Å². The lowest BCUT2D eigenvalue weighted by Gasteiger charge is -2.41. The second kappa shape index (κ2) is 8.44. The molecule has 0 aromatic heterocycles. The molecule has 1 aliphatic heterocycles. The van der Waals surface area contributed by atoms with E-state index in [1.807, 2.05) is 13.8 Å². The smallest absolute Gasteiger partial charge is 0.165 e. The SMILES string of the molecule is COC(C(C)/C=C(\C)C1OC(C)(OC)CCC1C)C(C)CO. The summed E-state index contributed by atoms with van der Waals surface area (Å²) in [5.74, 6) is 0.314. The summed E-state index contributed by atoms with van der Waals surface area (Å²) in [5, 5.41) is 9.37. The summed E-state index contributed by atoms with van der Waals surface area (Å²) in [6.45, 7) is 10.6. The van der Waals surface area contributed by atoms with Crippen molar-refractivity contribution in [2.24, 2.45) is 17.8 Å². The zero-order chi connectivity index (χ0) is 16.9. The molecule has 0 bridgehead atoms. The molecule has 1 aliphatic rings. The molecule has 0 saturated carbocycles. The van der Waals surface area contributed by atoms with Crippen LogP contribution in [0.4, 0.5) is 0 Å². The Morgan fingerprint density at radius 1 is 1.41 bits per heavy atom. The van der Waals surface area contributed by atoms with E-state index in [0.29, 0.717) is 5.92 Å². The van der Waals surface area contributed by atoms with E-state index < -0.39 is 5.79 Å². The molecular formula is C18H34O4. The van der Waals surface area contributed by atoms with Gasteiger partial charge in [-0.3, -0.25) is 0 Å². The van der Waals surface area contributed by atoms with Crippen molar-refractivity contribution in [1.82, 2.24) is 0 Å². The van der Waals surface area contributed by atoms with Gasteiger partial charge in [0.25, 0.3) is 0 Å². The van der Waals surface area contributed by atoms with Crippen molar-refractivity contribution in [2.75, 3.05) is 20.8 Å². The number of hydrogen-bond donors (Lipinski definition) is 1. The molecule has 22 heavy (non-hydrogen) atoms. The highest BCUT2D eigenvalue weighted by Crippen LogP contribution is 2.36. The monoisotopic (exact) mass is 314 g/mol. The molecule has 1 saturated heterocycles. The molecule has 4 heteroatoms. The largest absolute Gasteiger partial charge is 0.396 e. The van der Waals surface area contributed by atoms with E-state index >= 15 is 0 Å². The van der Waals surface area contributed by atoms with Crippen LogP contribution in [0.25, 0.3) is 0 Å². The molecule has 0 aromatic carbocycles. The van der Waals surface area contributed by atoms with Crippen molar-refractivity contribution in [3.8, 4) is 0 Å². The second-order valence-electron chi connectivity index (χ2n) is 7.02. The second-order valence-corrected chi connectivity index (χ2v) is 7.02. The first-order chi connectivity index (χ1) is 10.3. The minimum Gasteiger partial charge on any atom is -0.396 e. The highest BCUT2D eigenvalue weighted by atomic mass is 16.7. The summed E-state index contributed by atoms with van der Waals surface area (Å²) in [7, 11) is 3.41. The van der Waals surface area contributed by atoms with Gasteiger partial charge in [-0.25, -0.2) is 0 Å². The van der Waals surface area contributed by atoms with Crippen molar-refractivity contribution < 1.29 is 19.3 Å². The van der Waals surface area contributed by atoms with Gasteiger partial charge in [0, 0.05) is 39.1 Å². The fourth-order valence-electron chi connectivity index (χ4n) is 3.45. The van der Waals surface area contributed by atoms with Crippen molar-refractivity contribution >= 4 is 0 Å². The quantitative estimate of drug-likeness (QED) is 0.732. The topological polar surface area (TPSA) is 47.9 Å². The fraction of sp³-hybridized carbons (Fsp3) is 0.889. The Hall–Kier alpha value is -0.420. The molecule has 0 amide bonds. The minimum absolute atomic E-state index is 0.00709. The maximum Gasteiger partial charge on any atom is 0.165 e. The van der Waals surface area contributed by atoms with E-state index in [4.69, 9.17) is 14.2 Å². The van der Waals surface area contributed by atoms with Crippen LogP contribution < -0.4 is 0 Å². The van der Waals surface area contributed by atoms with Gasteiger partial charge in [-0.1, -0.05) is 26.8 Å². The standard InChI is InChI=1S/C18H34O4/c1-12-8-9-18(5,21-7)22-17(12)14(3)10-13(2)16(20-6)15(4)11-19/h10,12-13,15-17,19H,8-9,11H2,1-7H3/b14-10+. The van der Waals surface area contributed by atoms with Crippen LogP contribution in [0, 0.1) is 17.8 Å². The number of ether oxygens (including phenoxy) is 3. The Balaban J connectivity index is 2.85. The summed E-state index contributed by atoms with van der Waals surface area (Å²) in [6.07, 6.45) is 4.32. The van der Waals surface area contributed by atoms with E-state index in [1.54, 1.807) is 14.2 Å². The van der Waals surface area contributed by atoms with E-state index in [1.165, 1.54) is 5.57 Å². The lowest BCUT2D eigenvalue weighted by atomic mass is 9.85. The third kappa shape index (κ3) is 4.79. The Morgan fingerprint density at radius 3 is 2.55 bits per heavy atom. The van der Waals surface area contributed by atoms with Crippen LogP contribution >= 0.6 is 0 Å². The molecule has 1 rings (SSSR count). The fourth-order valence-corrected chi connectivity index (χ4v) is 3.45. The first-order valence-corrected chi connectivity index (χ1v) is 8.33. The van der Waals surface area contributed by atoms with E-state index in [9.17, 15) is 5.11 Å². The van der Waals surface area contributed by atoms with Crippen LogP contribution in [0.1, 0.15) is 47.5 Å². The molecule has 1 heterocycles. The van der Waals surface area contributed by atoms with Crippen molar-refractivity contribution in [3.05, 3.63) is 11.6 Å². The van der Waals surface area contributed by atoms with E-state index in [-0.39, 0.29) is 30.7 Å². The Morgan fingerprint density at radius 2 is 2.05 bits per heavy atom. The Labute approximate surface area is 135 Å². The predicted molar refractivity (Wildman–Crippen MR) is 88.7 cm³/mol. The van der Waals surface area contributed by atoms with Crippen LogP contribution in [0.5, 0.6) is 0 Å². The van der Waals surface area contributed by atoms with Crippen LogP contribution in [0.15, 0.2) is 11.6 Å². The molecule has 130 valence electrons. The van der Waals surface area contributed by atoms with Crippen LogP contribution in [-0.4, -0.2) is 43.9 Å². The third-order valence-electron chi connectivity index (χ3n) is 4.99. The molecule has 4 nitrogen and oxygen atoms in total. The van der Waals surface area contributed by atoms with Crippen molar-refractivity contribution in [1.29, 1.82) is 0 Å². The molecule has 6 atom stereocenters. The Kier molecular flexibility index (Phi) is 7.53. The molecule has 0 aliphatic carbocycles. The Bertz CT molecular complexity index is 368. The normalized spacial score (nSPS) is 34.3. The molecular weight excluding hydrogens is 280 g/mol. The number of rotatable bonds is 7. The van der Waals surface area contributed by atoms with Crippen molar-refractivity contribution in [2.45, 2.75) is 65.5 Å².